The predicted octanol–water partition coefficient (Wildman–Crippen LogP) is 4.62. The lowest BCUT2D eigenvalue weighted by molar-refractivity contribution is 0.447. The lowest BCUT2D eigenvalue weighted by Crippen LogP contribution is -2.27. The lowest BCUT2D eigenvalue weighted by Gasteiger charge is -2.16. The zero-order valence-electron chi connectivity index (χ0n) is 12.2. The fourth-order valence-corrected chi connectivity index (χ4v) is 3.28. The highest BCUT2D eigenvalue weighted by molar-refractivity contribution is 5.27. The van der Waals surface area contributed by atoms with Gasteiger partial charge in [0.25, 0.3) is 0 Å². The first-order chi connectivity index (χ1) is 9.31. The number of hydrogen-bond donors (Lipinski definition) is 1. The van der Waals surface area contributed by atoms with Crippen LogP contribution in [0.15, 0.2) is 24.3 Å². The van der Waals surface area contributed by atoms with Crippen LogP contribution in [-0.2, 0) is 6.54 Å². The molecule has 0 amide bonds. The topological polar surface area (TPSA) is 12.0 Å². The van der Waals surface area contributed by atoms with Crippen molar-refractivity contribution in [1.29, 1.82) is 0 Å². The summed E-state index contributed by atoms with van der Waals surface area (Å²) in [5.74, 6) is 1.81. The summed E-state index contributed by atoms with van der Waals surface area (Å²) < 4.78 is 0. The number of rotatable bonds is 4. The van der Waals surface area contributed by atoms with Crippen molar-refractivity contribution in [1.82, 2.24) is 5.32 Å². The van der Waals surface area contributed by atoms with Crippen LogP contribution in [0.5, 0.6) is 0 Å². The van der Waals surface area contributed by atoms with E-state index >= 15 is 0 Å². The molecule has 2 atom stereocenters. The molecule has 2 saturated carbocycles. The van der Waals surface area contributed by atoms with Crippen molar-refractivity contribution < 1.29 is 0 Å². The maximum atomic E-state index is 3.76. The third-order valence-corrected chi connectivity index (χ3v) is 4.88. The average Bonchev–Trinajstić information content (AvgIpc) is 3.26. The van der Waals surface area contributed by atoms with E-state index in [1.165, 1.54) is 50.5 Å². The van der Waals surface area contributed by atoms with Crippen molar-refractivity contribution in [3.05, 3.63) is 35.4 Å². The van der Waals surface area contributed by atoms with Crippen LogP contribution in [-0.4, -0.2) is 6.04 Å². The van der Waals surface area contributed by atoms with Crippen LogP contribution in [0.1, 0.15) is 68.9 Å². The van der Waals surface area contributed by atoms with Crippen LogP contribution in [0.3, 0.4) is 0 Å². The quantitative estimate of drug-likeness (QED) is 0.776. The van der Waals surface area contributed by atoms with Gasteiger partial charge in [0, 0.05) is 12.6 Å². The van der Waals surface area contributed by atoms with Crippen molar-refractivity contribution in [2.24, 2.45) is 5.92 Å². The fourth-order valence-electron chi connectivity index (χ4n) is 3.28. The summed E-state index contributed by atoms with van der Waals surface area (Å²) in [5, 5.41) is 3.76. The van der Waals surface area contributed by atoms with Crippen LogP contribution in [0, 0.1) is 5.92 Å². The molecule has 1 aromatic rings. The molecule has 104 valence electrons. The van der Waals surface area contributed by atoms with E-state index in [4.69, 9.17) is 0 Å². The van der Waals surface area contributed by atoms with Gasteiger partial charge in [-0.15, -0.1) is 0 Å². The Bertz CT molecular complexity index is 391. The summed E-state index contributed by atoms with van der Waals surface area (Å²) in [4.78, 5) is 0. The van der Waals surface area contributed by atoms with Gasteiger partial charge in [0.05, 0.1) is 0 Å². The molecule has 19 heavy (non-hydrogen) atoms. The molecule has 0 saturated heterocycles. The maximum absolute atomic E-state index is 3.76. The van der Waals surface area contributed by atoms with E-state index in [1.807, 2.05) is 0 Å². The molecular formula is C18H27N. The van der Waals surface area contributed by atoms with E-state index in [0.717, 1.165) is 24.4 Å². The van der Waals surface area contributed by atoms with Gasteiger partial charge in [0.1, 0.15) is 0 Å². The van der Waals surface area contributed by atoms with Gasteiger partial charge in [-0.25, -0.2) is 0 Å². The average molecular weight is 257 g/mol. The molecule has 1 N–H and O–H groups in total. The minimum absolute atomic E-state index is 0.744. The Kier molecular flexibility index (Phi) is 4.22. The Hall–Kier alpha value is -0.820. The largest absolute Gasteiger partial charge is 0.310 e. The van der Waals surface area contributed by atoms with E-state index in [2.05, 4.69) is 36.5 Å². The van der Waals surface area contributed by atoms with Crippen LogP contribution < -0.4 is 5.32 Å². The van der Waals surface area contributed by atoms with E-state index < -0.39 is 0 Å². The molecule has 2 fully saturated rings. The highest BCUT2D eigenvalue weighted by atomic mass is 14.9. The van der Waals surface area contributed by atoms with Gasteiger partial charge in [0.2, 0.25) is 0 Å². The summed E-state index contributed by atoms with van der Waals surface area (Å²) in [6.07, 6.45) is 9.76. The molecule has 1 aromatic carbocycles. The second-order valence-electron chi connectivity index (χ2n) is 6.71. The van der Waals surface area contributed by atoms with Crippen molar-refractivity contribution in [3.63, 3.8) is 0 Å². The van der Waals surface area contributed by atoms with Gasteiger partial charge >= 0.3 is 0 Å². The molecule has 2 aliphatic carbocycles. The highest BCUT2D eigenvalue weighted by Gasteiger charge is 2.23. The van der Waals surface area contributed by atoms with Gasteiger partial charge in [-0.05, 0) is 55.1 Å². The molecule has 1 heteroatoms. The molecular weight excluding hydrogens is 230 g/mol. The molecule has 0 bridgehead atoms. The molecule has 0 spiro atoms. The van der Waals surface area contributed by atoms with Crippen molar-refractivity contribution >= 4 is 0 Å². The summed E-state index contributed by atoms with van der Waals surface area (Å²) >= 11 is 0. The van der Waals surface area contributed by atoms with Crippen LogP contribution in [0.25, 0.3) is 0 Å². The normalized spacial score (nSPS) is 28.1. The van der Waals surface area contributed by atoms with E-state index in [1.54, 1.807) is 5.56 Å². The van der Waals surface area contributed by atoms with Gasteiger partial charge < -0.3 is 5.32 Å². The summed E-state index contributed by atoms with van der Waals surface area (Å²) in [6, 6.07) is 10.1. The van der Waals surface area contributed by atoms with E-state index in [0.29, 0.717) is 0 Å². The van der Waals surface area contributed by atoms with Crippen LogP contribution in [0.4, 0.5) is 0 Å². The van der Waals surface area contributed by atoms with Crippen LogP contribution in [0.2, 0.25) is 0 Å². The molecule has 3 rings (SSSR count). The Morgan fingerprint density at radius 3 is 2.47 bits per heavy atom. The molecule has 2 unspecified atom stereocenters. The predicted molar refractivity (Wildman–Crippen MR) is 81.3 cm³/mol. The van der Waals surface area contributed by atoms with Gasteiger partial charge in [-0.1, -0.05) is 44.0 Å². The monoisotopic (exact) mass is 257 g/mol. The van der Waals surface area contributed by atoms with Crippen molar-refractivity contribution in [2.45, 2.75) is 70.4 Å². The van der Waals surface area contributed by atoms with Gasteiger partial charge in [-0.2, -0.15) is 0 Å². The lowest BCUT2D eigenvalue weighted by atomic mass is 10.0. The smallest absolute Gasteiger partial charge is 0.0208 e. The summed E-state index contributed by atoms with van der Waals surface area (Å²) in [6.45, 7) is 3.45. The van der Waals surface area contributed by atoms with Crippen molar-refractivity contribution in [2.75, 3.05) is 0 Å². The standard InChI is InChI=1S/C18H27N/c1-14-3-2-4-18(12-5-14)19-13-15-6-8-16(9-7-15)17-10-11-17/h6-9,14,17-19H,2-5,10-13H2,1H3. The number of nitrogens with one attached hydrogen (secondary N) is 1. The van der Waals surface area contributed by atoms with E-state index in [9.17, 15) is 0 Å². The first-order valence-electron chi connectivity index (χ1n) is 8.13. The summed E-state index contributed by atoms with van der Waals surface area (Å²) in [5.41, 5.74) is 2.99. The first kappa shape index (κ1) is 13.2. The Morgan fingerprint density at radius 1 is 0.947 bits per heavy atom. The zero-order chi connectivity index (χ0) is 13.1. The zero-order valence-corrected chi connectivity index (χ0v) is 12.2. The minimum atomic E-state index is 0.744. The van der Waals surface area contributed by atoms with Crippen molar-refractivity contribution in [3.8, 4) is 0 Å². The Balaban J connectivity index is 1.48. The highest BCUT2D eigenvalue weighted by Crippen LogP contribution is 2.39. The summed E-state index contributed by atoms with van der Waals surface area (Å²) in [7, 11) is 0. The second-order valence-corrected chi connectivity index (χ2v) is 6.71. The van der Waals surface area contributed by atoms with E-state index in [-0.39, 0.29) is 0 Å². The molecule has 0 heterocycles. The minimum Gasteiger partial charge on any atom is -0.310 e. The first-order valence-corrected chi connectivity index (χ1v) is 8.13. The Labute approximate surface area is 117 Å². The van der Waals surface area contributed by atoms with Gasteiger partial charge in [0.15, 0.2) is 0 Å². The number of hydrogen-bond acceptors (Lipinski definition) is 1. The molecule has 2 aliphatic rings. The third-order valence-electron chi connectivity index (χ3n) is 4.88. The fraction of sp³-hybridized carbons (Fsp3) is 0.667. The SMILES string of the molecule is CC1CCCC(NCc2ccc(C3CC3)cc2)CC1. The Morgan fingerprint density at radius 2 is 1.74 bits per heavy atom. The molecule has 0 aliphatic heterocycles. The molecule has 1 nitrogen and oxygen atoms in total. The van der Waals surface area contributed by atoms with Gasteiger partial charge in [-0.3, -0.25) is 0 Å². The second kappa shape index (κ2) is 6.09. The molecule has 0 radical (unpaired) electrons. The third kappa shape index (κ3) is 3.82. The maximum Gasteiger partial charge on any atom is 0.0208 e. The van der Waals surface area contributed by atoms with Crippen LogP contribution >= 0.6 is 0 Å². The molecule has 0 aromatic heterocycles. The number of benzene rings is 1.